The highest BCUT2D eigenvalue weighted by Crippen LogP contribution is 2.51. The fraction of sp³-hybridized carbons (Fsp3) is 0.0698. The van der Waals surface area contributed by atoms with E-state index in [0.717, 1.165) is 39.0 Å². The third-order valence-electron chi connectivity index (χ3n) is 9.64. The van der Waals surface area contributed by atoms with Crippen LogP contribution in [0.5, 0.6) is 0 Å². The van der Waals surface area contributed by atoms with Gasteiger partial charge in [0.05, 0.1) is 5.69 Å². The van der Waals surface area contributed by atoms with E-state index in [1.807, 2.05) is 0 Å². The van der Waals surface area contributed by atoms with Gasteiger partial charge in [0.1, 0.15) is 5.58 Å². The van der Waals surface area contributed by atoms with Gasteiger partial charge in [0, 0.05) is 27.6 Å². The summed E-state index contributed by atoms with van der Waals surface area (Å²) in [6, 6.07) is 54.6. The Morgan fingerprint density at radius 1 is 0.511 bits per heavy atom. The summed E-state index contributed by atoms with van der Waals surface area (Å²) in [5, 5.41) is 4.71. The Labute approximate surface area is 262 Å². The third-order valence-corrected chi connectivity index (χ3v) is 9.64. The number of hydrogen-bond donors (Lipinski definition) is 0. The molecule has 8 aromatic rings. The first-order valence-electron chi connectivity index (χ1n) is 15.6. The largest absolute Gasteiger partial charge is 0.454 e. The highest BCUT2D eigenvalue weighted by atomic mass is 16.3. The normalized spacial score (nSPS) is 13.3. The molecule has 1 aromatic heterocycles. The van der Waals surface area contributed by atoms with Crippen LogP contribution in [0.1, 0.15) is 25.0 Å². The molecule has 0 radical (unpaired) electrons. The Kier molecular flexibility index (Phi) is 5.58. The first-order valence-corrected chi connectivity index (χ1v) is 15.6. The Balaban J connectivity index is 1.31. The second-order valence-corrected chi connectivity index (χ2v) is 12.6. The van der Waals surface area contributed by atoms with Gasteiger partial charge in [0.15, 0.2) is 5.58 Å². The lowest BCUT2D eigenvalue weighted by Gasteiger charge is -2.28. The second kappa shape index (κ2) is 9.70. The van der Waals surface area contributed by atoms with Crippen LogP contribution in [0.15, 0.2) is 156 Å². The number of fused-ring (bicyclic) bond motifs is 8. The number of anilines is 3. The summed E-state index contributed by atoms with van der Waals surface area (Å²) >= 11 is 0. The van der Waals surface area contributed by atoms with Crippen LogP contribution in [-0.2, 0) is 5.41 Å². The lowest BCUT2D eigenvalue weighted by Crippen LogP contribution is -2.16. The van der Waals surface area contributed by atoms with Crippen molar-refractivity contribution in [2.75, 3.05) is 4.90 Å². The van der Waals surface area contributed by atoms with Crippen LogP contribution in [0, 0.1) is 0 Å². The molecule has 9 rings (SSSR count). The van der Waals surface area contributed by atoms with Crippen LogP contribution >= 0.6 is 0 Å². The molecule has 0 atom stereocenters. The minimum atomic E-state index is -0.107. The van der Waals surface area contributed by atoms with E-state index in [0.29, 0.717) is 0 Å². The molecule has 0 aliphatic heterocycles. The van der Waals surface area contributed by atoms with E-state index in [4.69, 9.17) is 4.42 Å². The Morgan fingerprint density at radius 2 is 1.22 bits per heavy atom. The van der Waals surface area contributed by atoms with E-state index in [9.17, 15) is 0 Å². The zero-order chi connectivity index (χ0) is 30.1. The molecule has 2 nitrogen and oxygen atoms in total. The summed E-state index contributed by atoms with van der Waals surface area (Å²) in [6.45, 7) is 4.68. The predicted octanol–water partition coefficient (Wildman–Crippen LogP) is 12.2. The van der Waals surface area contributed by atoms with Crippen molar-refractivity contribution in [3.8, 4) is 22.3 Å². The molecule has 0 fully saturated rings. The van der Waals surface area contributed by atoms with E-state index in [2.05, 4.69) is 170 Å². The van der Waals surface area contributed by atoms with Crippen molar-refractivity contribution < 1.29 is 4.42 Å². The van der Waals surface area contributed by atoms with Crippen LogP contribution < -0.4 is 4.90 Å². The van der Waals surface area contributed by atoms with Gasteiger partial charge in [-0.25, -0.2) is 0 Å². The van der Waals surface area contributed by atoms with Crippen LogP contribution in [0.3, 0.4) is 0 Å². The second-order valence-electron chi connectivity index (χ2n) is 12.6. The van der Waals surface area contributed by atoms with Crippen molar-refractivity contribution in [1.29, 1.82) is 0 Å². The topological polar surface area (TPSA) is 16.4 Å². The third kappa shape index (κ3) is 3.89. The van der Waals surface area contributed by atoms with Crippen LogP contribution in [0.2, 0.25) is 0 Å². The molecule has 0 spiro atoms. The minimum Gasteiger partial charge on any atom is -0.454 e. The Hall–Kier alpha value is -5.60. The maximum absolute atomic E-state index is 6.77. The molecule has 45 heavy (non-hydrogen) atoms. The SMILES string of the molecule is CC1(C)c2ccccc2-c2ccc(N(c3cccc(-c4ccccc4)c3)c3cccc4c3oc3ccc5ccccc5c34)cc21. The van der Waals surface area contributed by atoms with E-state index >= 15 is 0 Å². The van der Waals surface area contributed by atoms with Gasteiger partial charge in [0.2, 0.25) is 0 Å². The van der Waals surface area contributed by atoms with Gasteiger partial charge in [-0.1, -0.05) is 129 Å². The van der Waals surface area contributed by atoms with Gasteiger partial charge in [-0.2, -0.15) is 0 Å². The summed E-state index contributed by atoms with van der Waals surface area (Å²) in [6.07, 6.45) is 0. The van der Waals surface area contributed by atoms with Crippen molar-refractivity contribution in [3.05, 3.63) is 163 Å². The smallest absolute Gasteiger partial charge is 0.159 e. The number of rotatable bonds is 4. The van der Waals surface area contributed by atoms with E-state index in [1.54, 1.807) is 0 Å². The van der Waals surface area contributed by atoms with Gasteiger partial charge in [-0.3, -0.25) is 0 Å². The molecule has 0 N–H and O–H groups in total. The lowest BCUT2D eigenvalue weighted by atomic mass is 9.82. The number of para-hydroxylation sites is 1. The Morgan fingerprint density at radius 3 is 2.13 bits per heavy atom. The standard InChI is InChI=1S/C43H31NO/c1-43(2)37-20-9-8-18-34(37)35-24-23-32(27-38(35)43)44(31-16-10-15-30(26-31)28-12-4-3-5-13-28)39-21-11-19-36-41-33-17-7-6-14-29(33)22-25-40(41)45-42(36)39/h3-27H,1-2H3. The summed E-state index contributed by atoms with van der Waals surface area (Å²) in [5.74, 6) is 0. The van der Waals surface area contributed by atoms with E-state index in [-0.39, 0.29) is 5.41 Å². The van der Waals surface area contributed by atoms with Crippen LogP contribution in [0.4, 0.5) is 17.1 Å². The molecular weight excluding hydrogens is 546 g/mol. The fourth-order valence-electron chi connectivity index (χ4n) is 7.44. The van der Waals surface area contributed by atoms with Crippen LogP contribution in [-0.4, -0.2) is 0 Å². The molecule has 0 amide bonds. The molecule has 2 heteroatoms. The molecule has 7 aromatic carbocycles. The minimum absolute atomic E-state index is 0.107. The summed E-state index contributed by atoms with van der Waals surface area (Å²) < 4.78 is 6.77. The van der Waals surface area contributed by atoms with E-state index in [1.165, 1.54) is 44.2 Å². The monoisotopic (exact) mass is 577 g/mol. The highest BCUT2D eigenvalue weighted by Gasteiger charge is 2.36. The quantitative estimate of drug-likeness (QED) is 0.207. The van der Waals surface area contributed by atoms with Gasteiger partial charge in [0.25, 0.3) is 0 Å². The molecule has 1 aliphatic rings. The molecule has 0 unspecified atom stereocenters. The maximum Gasteiger partial charge on any atom is 0.159 e. The zero-order valence-corrected chi connectivity index (χ0v) is 25.3. The van der Waals surface area contributed by atoms with Crippen molar-refractivity contribution in [2.24, 2.45) is 0 Å². The maximum atomic E-state index is 6.77. The summed E-state index contributed by atoms with van der Waals surface area (Å²) in [5.41, 5.74) is 12.6. The van der Waals surface area contributed by atoms with Crippen molar-refractivity contribution in [3.63, 3.8) is 0 Å². The van der Waals surface area contributed by atoms with Gasteiger partial charge < -0.3 is 9.32 Å². The number of benzene rings is 7. The molecule has 0 saturated heterocycles. The number of nitrogens with zero attached hydrogens (tertiary/aromatic N) is 1. The first-order chi connectivity index (χ1) is 22.1. The van der Waals surface area contributed by atoms with Gasteiger partial charge >= 0.3 is 0 Å². The van der Waals surface area contributed by atoms with Crippen LogP contribution in [0.25, 0.3) is 55.0 Å². The average Bonchev–Trinajstić information content (AvgIpc) is 3.59. The number of furan rings is 1. The zero-order valence-electron chi connectivity index (χ0n) is 25.3. The van der Waals surface area contributed by atoms with Crippen molar-refractivity contribution in [2.45, 2.75) is 19.3 Å². The summed E-state index contributed by atoms with van der Waals surface area (Å²) in [4.78, 5) is 2.37. The molecule has 1 heterocycles. The first kappa shape index (κ1) is 25.9. The lowest BCUT2D eigenvalue weighted by molar-refractivity contribution is 0.660. The highest BCUT2D eigenvalue weighted by molar-refractivity contribution is 6.21. The molecule has 1 aliphatic carbocycles. The predicted molar refractivity (Wildman–Crippen MR) is 189 cm³/mol. The molecule has 0 bridgehead atoms. The molecule has 0 saturated carbocycles. The van der Waals surface area contributed by atoms with Crippen molar-refractivity contribution in [1.82, 2.24) is 0 Å². The van der Waals surface area contributed by atoms with Gasteiger partial charge in [-0.05, 0) is 80.6 Å². The molecule has 214 valence electrons. The van der Waals surface area contributed by atoms with Crippen molar-refractivity contribution >= 4 is 49.8 Å². The van der Waals surface area contributed by atoms with Gasteiger partial charge in [-0.15, -0.1) is 0 Å². The number of hydrogen-bond acceptors (Lipinski definition) is 2. The van der Waals surface area contributed by atoms with E-state index < -0.39 is 0 Å². The average molecular weight is 578 g/mol. The summed E-state index contributed by atoms with van der Waals surface area (Å²) in [7, 11) is 0. The molecular formula is C43H31NO. The Bertz CT molecular complexity index is 2410. The fourth-order valence-corrected chi connectivity index (χ4v) is 7.44.